The minimum absolute atomic E-state index is 0.00359. The summed E-state index contributed by atoms with van der Waals surface area (Å²) in [6.45, 7) is 19.9. The predicted molar refractivity (Wildman–Crippen MR) is 177 cm³/mol. The molecule has 4 aliphatic carbocycles. The van der Waals surface area contributed by atoms with Gasteiger partial charge in [0.15, 0.2) is 0 Å². The largest absolute Gasteiger partial charge is 0.534 e. The van der Waals surface area contributed by atoms with Crippen LogP contribution in [0.25, 0.3) is 0 Å². The molecule has 0 aromatic heterocycles. The summed E-state index contributed by atoms with van der Waals surface area (Å²) in [5, 5.41) is 0. The smallest absolute Gasteiger partial charge is 0.461 e. The van der Waals surface area contributed by atoms with Crippen molar-refractivity contribution in [3.05, 3.63) is 59.9 Å². The van der Waals surface area contributed by atoms with Crippen LogP contribution in [0.15, 0.2) is 54.3 Å². The maximum absolute atomic E-state index is 13.3. The molecule has 0 heterocycles. The molecule has 0 aliphatic heterocycles. The molecule has 3 saturated carbocycles. The van der Waals surface area contributed by atoms with Crippen LogP contribution in [0.4, 0.5) is 13.2 Å². The minimum atomic E-state index is -5.75. The normalized spacial score (nSPS) is 38.2. The summed E-state index contributed by atoms with van der Waals surface area (Å²) in [6, 6.07) is 9.15. The van der Waals surface area contributed by atoms with E-state index in [-0.39, 0.29) is 39.3 Å². The van der Waals surface area contributed by atoms with E-state index in [2.05, 4.69) is 41.2 Å². The standard InChI is InChI=1S/C38H53F3O5S/c1-9-37(24-45-32(42)26-13-11-10-12-14-26)22-21-35(7)27(28(37)23-25(2)3)15-16-30-34(6)19-18-31(46-47(43,44)38(39,40)41)33(4,5)29(34)17-20-36(30,35)8/h10-14,18,27-30H,2,9,15-17,19-24H2,1,3-8H3. The topological polar surface area (TPSA) is 69.7 Å². The monoisotopic (exact) mass is 678 g/mol. The van der Waals surface area contributed by atoms with Gasteiger partial charge in [0.05, 0.1) is 12.2 Å². The maximum Gasteiger partial charge on any atom is 0.534 e. The molecule has 262 valence electrons. The van der Waals surface area contributed by atoms with Gasteiger partial charge in [0.1, 0.15) is 5.76 Å². The highest BCUT2D eigenvalue weighted by atomic mass is 32.2. The summed E-state index contributed by atoms with van der Waals surface area (Å²) < 4.78 is 74.9. The highest BCUT2D eigenvalue weighted by Gasteiger charge is 2.69. The van der Waals surface area contributed by atoms with Crippen LogP contribution in [0.1, 0.15) is 117 Å². The van der Waals surface area contributed by atoms with Crippen LogP contribution < -0.4 is 0 Å². The van der Waals surface area contributed by atoms with Crippen molar-refractivity contribution >= 4 is 16.1 Å². The maximum atomic E-state index is 13.3. The third-order valence-corrected chi connectivity index (χ3v) is 15.1. The summed E-state index contributed by atoms with van der Waals surface area (Å²) in [7, 11) is -5.75. The fraction of sp³-hybridized carbons (Fsp3) is 0.711. The van der Waals surface area contributed by atoms with Crippen LogP contribution in [-0.2, 0) is 19.0 Å². The molecule has 3 fully saturated rings. The van der Waals surface area contributed by atoms with Crippen LogP contribution in [-0.4, -0.2) is 26.5 Å². The average Bonchev–Trinajstić information content (AvgIpc) is 2.98. The van der Waals surface area contributed by atoms with Crippen LogP contribution in [0.3, 0.4) is 0 Å². The number of benzene rings is 1. The molecule has 0 spiro atoms. The molecule has 0 amide bonds. The number of carbonyl (C=O) groups is 1. The van der Waals surface area contributed by atoms with Gasteiger partial charge in [0, 0.05) is 10.8 Å². The van der Waals surface area contributed by atoms with E-state index in [9.17, 15) is 26.4 Å². The Balaban J connectivity index is 1.46. The van der Waals surface area contributed by atoms with Crippen LogP contribution in [0, 0.1) is 50.7 Å². The van der Waals surface area contributed by atoms with Gasteiger partial charge in [-0.3, -0.25) is 0 Å². The Bertz CT molecular complexity index is 1520. The Morgan fingerprint density at radius 2 is 1.62 bits per heavy atom. The minimum Gasteiger partial charge on any atom is -0.461 e. The fourth-order valence-electron chi connectivity index (χ4n) is 11.4. The summed E-state index contributed by atoms with van der Waals surface area (Å²) in [5.74, 6) is 0.596. The second kappa shape index (κ2) is 11.9. The summed E-state index contributed by atoms with van der Waals surface area (Å²) in [5.41, 5.74) is -5.09. The van der Waals surface area contributed by atoms with Gasteiger partial charge < -0.3 is 8.92 Å². The molecular formula is C38H53F3O5S. The van der Waals surface area contributed by atoms with E-state index in [1.165, 1.54) is 0 Å². The van der Waals surface area contributed by atoms with Gasteiger partial charge in [0.25, 0.3) is 0 Å². The molecule has 8 atom stereocenters. The SMILES string of the molecule is C=C(C)CC1C2CCC3C4(C)CC=C(OS(=O)(=O)C(F)(F)F)C(C)(C)C4CCC3(C)C2(C)CCC1(CC)COC(=O)c1ccccc1. The molecule has 0 bridgehead atoms. The summed E-state index contributed by atoms with van der Waals surface area (Å²) >= 11 is 0. The van der Waals surface area contributed by atoms with E-state index in [1.807, 2.05) is 32.0 Å². The first-order valence-electron chi connectivity index (χ1n) is 17.3. The van der Waals surface area contributed by atoms with Crippen molar-refractivity contribution in [1.29, 1.82) is 0 Å². The molecule has 5 rings (SSSR count). The van der Waals surface area contributed by atoms with Gasteiger partial charge in [-0.2, -0.15) is 21.6 Å². The Morgan fingerprint density at radius 1 is 0.957 bits per heavy atom. The molecule has 0 N–H and O–H groups in total. The van der Waals surface area contributed by atoms with Crippen molar-refractivity contribution in [1.82, 2.24) is 0 Å². The van der Waals surface area contributed by atoms with Crippen molar-refractivity contribution in [2.24, 2.45) is 50.7 Å². The zero-order chi connectivity index (χ0) is 34.8. The zero-order valence-corrected chi connectivity index (χ0v) is 30.0. The van der Waals surface area contributed by atoms with E-state index in [0.717, 1.165) is 56.9 Å². The zero-order valence-electron chi connectivity index (χ0n) is 29.1. The molecule has 0 saturated heterocycles. The lowest BCUT2D eigenvalue weighted by atomic mass is 9.32. The number of ether oxygens (including phenoxy) is 1. The van der Waals surface area contributed by atoms with E-state index >= 15 is 0 Å². The second-order valence-corrected chi connectivity index (χ2v) is 18.1. The molecule has 1 aromatic carbocycles. The fourth-order valence-corrected chi connectivity index (χ4v) is 12.0. The van der Waals surface area contributed by atoms with Crippen LogP contribution >= 0.6 is 0 Å². The van der Waals surface area contributed by atoms with E-state index in [0.29, 0.717) is 36.3 Å². The molecule has 0 radical (unpaired) electrons. The van der Waals surface area contributed by atoms with Gasteiger partial charge in [-0.25, -0.2) is 4.79 Å². The molecule has 5 nitrogen and oxygen atoms in total. The lowest BCUT2D eigenvalue weighted by Crippen LogP contribution is -2.65. The first kappa shape index (κ1) is 36.0. The molecular weight excluding hydrogens is 625 g/mol. The highest BCUT2D eigenvalue weighted by molar-refractivity contribution is 7.87. The lowest BCUT2D eigenvalue weighted by Gasteiger charge is -2.72. The van der Waals surface area contributed by atoms with Gasteiger partial charge in [0.2, 0.25) is 0 Å². The van der Waals surface area contributed by atoms with Crippen molar-refractivity contribution in [3.63, 3.8) is 0 Å². The number of hydrogen-bond donors (Lipinski definition) is 0. The van der Waals surface area contributed by atoms with Crippen molar-refractivity contribution in [2.45, 2.75) is 112 Å². The molecule has 1 aromatic rings. The highest BCUT2D eigenvalue weighted by Crippen LogP contribution is 2.76. The number of rotatable bonds is 8. The third kappa shape index (κ3) is 5.68. The Kier molecular flexibility index (Phi) is 9.15. The van der Waals surface area contributed by atoms with Crippen molar-refractivity contribution < 1.29 is 35.3 Å². The third-order valence-electron chi connectivity index (χ3n) is 14.1. The Morgan fingerprint density at radius 3 is 2.21 bits per heavy atom. The van der Waals surface area contributed by atoms with Gasteiger partial charge in [-0.05, 0) is 123 Å². The van der Waals surface area contributed by atoms with E-state index in [1.54, 1.807) is 18.2 Å². The molecule has 8 unspecified atom stereocenters. The number of esters is 1. The number of carbonyl (C=O) groups excluding carboxylic acids is 1. The number of hydrogen-bond acceptors (Lipinski definition) is 5. The lowest BCUT2D eigenvalue weighted by molar-refractivity contribution is -0.233. The molecule has 9 heteroatoms. The van der Waals surface area contributed by atoms with E-state index < -0.39 is 21.0 Å². The average molecular weight is 679 g/mol. The number of fused-ring (bicyclic) bond motifs is 5. The van der Waals surface area contributed by atoms with Crippen LogP contribution in [0.5, 0.6) is 0 Å². The predicted octanol–water partition coefficient (Wildman–Crippen LogP) is 10.3. The summed E-state index contributed by atoms with van der Waals surface area (Å²) in [4.78, 5) is 13.1. The molecule has 47 heavy (non-hydrogen) atoms. The van der Waals surface area contributed by atoms with Crippen molar-refractivity contribution in [2.75, 3.05) is 6.61 Å². The van der Waals surface area contributed by atoms with Crippen molar-refractivity contribution in [3.8, 4) is 0 Å². The molecule has 4 aliphatic rings. The van der Waals surface area contributed by atoms with Gasteiger partial charge in [-0.1, -0.05) is 65.3 Å². The quantitative estimate of drug-likeness (QED) is 0.118. The number of allylic oxidation sites excluding steroid dienone is 3. The number of halogens is 3. The Hall–Kier alpha value is -2.29. The first-order valence-corrected chi connectivity index (χ1v) is 18.7. The first-order chi connectivity index (χ1) is 21.7. The van der Waals surface area contributed by atoms with Gasteiger partial charge in [-0.15, -0.1) is 6.58 Å². The summed E-state index contributed by atoms with van der Waals surface area (Å²) in [6.07, 6.45) is 9.54. The van der Waals surface area contributed by atoms with E-state index in [4.69, 9.17) is 8.92 Å². The number of alkyl halides is 3. The second-order valence-electron chi connectivity index (χ2n) is 16.6. The van der Waals surface area contributed by atoms with Crippen LogP contribution in [0.2, 0.25) is 0 Å². The van der Waals surface area contributed by atoms with Gasteiger partial charge >= 0.3 is 21.6 Å². The Labute approximate surface area is 279 Å².